The quantitative estimate of drug-likeness (QED) is 0.335. The molecule has 0 radical (unpaired) electrons. The molecule has 0 unspecified atom stereocenters. The van der Waals surface area contributed by atoms with Crippen LogP contribution in [0.15, 0.2) is 96.1 Å². The summed E-state index contributed by atoms with van der Waals surface area (Å²) < 4.78 is 0. The van der Waals surface area contributed by atoms with Crippen LogP contribution in [0.4, 0.5) is 0 Å². The molecule has 4 aromatic carbocycles. The Balaban J connectivity index is 1.71. The maximum atomic E-state index is 10.7. The van der Waals surface area contributed by atoms with Gasteiger partial charge in [0.1, 0.15) is 0 Å². The van der Waals surface area contributed by atoms with E-state index in [1.807, 2.05) is 29.3 Å². The van der Waals surface area contributed by atoms with Crippen LogP contribution in [0.5, 0.6) is 0 Å². The van der Waals surface area contributed by atoms with Gasteiger partial charge in [0.05, 0.1) is 11.9 Å². The molecule has 5 rings (SSSR count). The zero-order valence-corrected chi connectivity index (χ0v) is 14.1. The third kappa shape index (κ3) is 2.21. The van der Waals surface area contributed by atoms with Gasteiger partial charge in [-0.1, -0.05) is 60.7 Å². The molecule has 124 valence electrons. The van der Waals surface area contributed by atoms with E-state index in [9.17, 15) is 4.91 Å². The molecule has 0 amide bonds. The Hall–Kier alpha value is -3.46. The molecule has 4 aromatic rings. The molecule has 0 aromatic heterocycles. The van der Waals surface area contributed by atoms with Crippen molar-refractivity contribution in [1.29, 1.82) is 0 Å². The fraction of sp³-hybridized carbons (Fsp3) is 0.0435. The molecule has 1 aliphatic rings. The molecular formula is C23H16N2O. The van der Waals surface area contributed by atoms with Gasteiger partial charge < -0.3 is 4.90 Å². The third-order valence-corrected chi connectivity index (χ3v) is 5.12. The second-order valence-electron chi connectivity index (χ2n) is 6.57. The topological polar surface area (TPSA) is 32.7 Å². The normalized spacial score (nSPS) is 15.7. The molecule has 26 heavy (non-hydrogen) atoms. The summed E-state index contributed by atoms with van der Waals surface area (Å²) in [6.07, 6.45) is 9.12. The van der Waals surface area contributed by atoms with E-state index in [-0.39, 0.29) is 0 Å². The van der Waals surface area contributed by atoms with Crippen molar-refractivity contribution in [2.45, 2.75) is 6.54 Å². The lowest BCUT2D eigenvalue weighted by atomic mass is 9.92. The Morgan fingerprint density at radius 3 is 2.38 bits per heavy atom. The second kappa shape index (κ2) is 5.81. The summed E-state index contributed by atoms with van der Waals surface area (Å²) in [6.45, 7) is 0.691. The summed E-state index contributed by atoms with van der Waals surface area (Å²) in [7, 11) is 0. The minimum Gasteiger partial charge on any atom is -0.342 e. The van der Waals surface area contributed by atoms with Gasteiger partial charge in [-0.05, 0) is 55.2 Å². The van der Waals surface area contributed by atoms with Crippen LogP contribution >= 0.6 is 0 Å². The number of hydrogen-bond acceptors (Lipinski definition) is 3. The largest absolute Gasteiger partial charge is 0.342 e. The summed E-state index contributed by atoms with van der Waals surface area (Å²) in [4.78, 5) is 12.8. The fourth-order valence-electron chi connectivity index (χ4n) is 3.92. The predicted molar refractivity (Wildman–Crippen MR) is 108 cm³/mol. The molecule has 0 fully saturated rings. The van der Waals surface area contributed by atoms with E-state index in [0.29, 0.717) is 6.54 Å². The van der Waals surface area contributed by atoms with Crippen molar-refractivity contribution in [2.75, 3.05) is 0 Å². The fourth-order valence-corrected chi connectivity index (χ4v) is 3.92. The Morgan fingerprint density at radius 2 is 1.58 bits per heavy atom. The van der Waals surface area contributed by atoms with E-state index in [1.165, 1.54) is 44.1 Å². The van der Waals surface area contributed by atoms with Gasteiger partial charge in [0, 0.05) is 12.7 Å². The van der Waals surface area contributed by atoms with Crippen LogP contribution in [0.2, 0.25) is 0 Å². The third-order valence-electron chi connectivity index (χ3n) is 5.12. The van der Waals surface area contributed by atoms with Crippen molar-refractivity contribution >= 4 is 32.3 Å². The zero-order valence-electron chi connectivity index (χ0n) is 14.1. The highest BCUT2D eigenvalue weighted by molar-refractivity contribution is 6.23. The van der Waals surface area contributed by atoms with Crippen LogP contribution in [-0.2, 0) is 6.54 Å². The van der Waals surface area contributed by atoms with Gasteiger partial charge in [0.2, 0.25) is 0 Å². The van der Waals surface area contributed by atoms with Gasteiger partial charge in [-0.25, -0.2) is 0 Å². The molecule has 1 aliphatic heterocycles. The van der Waals surface area contributed by atoms with E-state index in [1.54, 1.807) is 0 Å². The molecule has 0 aliphatic carbocycles. The number of nitroso groups, excluding NO2 is 1. The van der Waals surface area contributed by atoms with Crippen LogP contribution < -0.4 is 0 Å². The number of hydrogen-bond donors (Lipinski definition) is 0. The van der Waals surface area contributed by atoms with Crippen molar-refractivity contribution < 1.29 is 0 Å². The smallest absolute Gasteiger partial charge is 0.0951 e. The molecule has 1 heterocycles. The van der Waals surface area contributed by atoms with Crippen LogP contribution in [-0.4, -0.2) is 4.90 Å². The van der Waals surface area contributed by atoms with Crippen molar-refractivity contribution in [2.24, 2.45) is 5.18 Å². The first-order chi connectivity index (χ1) is 12.8. The highest BCUT2D eigenvalue weighted by Gasteiger charge is 2.14. The van der Waals surface area contributed by atoms with Gasteiger partial charge >= 0.3 is 0 Å². The lowest BCUT2D eigenvalue weighted by molar-refractivity contribution is 0.470. The molecule has 0 saturated carbocycles. The van der Waals surface area contributed by atoms with E-state index in [4.69, 9.17) is 0 Å². The predicted octanol–water partition coefficient (Wildman–Crippen LogP) is 6.08. The SMILES string of the molecule is O=NC=C1C=CC=CN1Cc1ccc2ccc3cccc4ccc1c2c34. The minimum atomic E-state index is 0.691. The molecule has 3 heteroatoms. The molecule has 0 atom stereocenters. The lowest BCUT2D eigenvalue weighted by Crippen LogP contribution is -2.16. The minimum absolute atomic E-state index is 0.691. The first kappa shape index (κ1) is 14.8. The monoisotopic (exact) mass is 336 g/mol. The average molecular weight is 336 g/mol. The van der Waals surface area contributed by atoms with Crippen LogP contribution in [0.25, 0.3) is 32.3 Å². The highest BCUT2D eigenvalue weighted by atomic mass is 16.2. The van der Waals surface area contributed by atoms with Gasteiger partial charge in [-0.3, -0.25) is 0 Å². The summed E-state index contributed by atoms with van der Waals surface area (Å²) >= 11 is 0. The molecule has 0 spiro atoms. The lowest BCUT2D eigenvalue weighted by Gasteiger charge is -2.24. The Labute approximate surface area is 150 Å². The number of allylic oxidation sites excluding steroid dienone is 3. The Kier molecular flexibility index (Phi) is 3.32. The summed E-state index contributed by atoms with van der Waals surface area (Å²) in [6, 6.07) is 19.6. The molecule has 3 nitrogen and oxygen atoms in total. The summed E-state index contributed by atoms with van der Waals surface area (Å²) in [5.41, 5.74) is 2.03. The van der Waals surface area contributed by atoms with Crippen LogP contribution in [0.1, 0.15) is 5.56 Å². The summed E-state index contributed by atoms with van der Waals surface area (Å²) in [5.74, 6) is 0. The number of rotatable bonds is 3. The molecule has 0 bridgehead atoms. The molecule has 0 saturated heterocycles. The van der Waals surface area contributed by atoms with E-state index in [2.05, 4.69) is 59.8 Å². The first-order valence-corrected chi connectivity index (χ1v) is 8.65. The maximum absolute atomic E-state index is 10.7. The maximum Gasteiger partial charge on any atom is 0.0951 e. The number of nitrogens with zero attached hydrogens (tertiary/aromatic N) is 2. The van der Waals surface area contributed by atoms with Crippen molar-refractivity contribution in [3.8, 4) is 0 Å². The zero-order chi connectivity index (χ0) is 17.5. The summed E-state index contributed by atoms with van der Waals surface area (Å²) in [5, 5.41) is 10.6. The standard InChI is InChI=1S/C23H16N2O/c26-24-14-20-6-1-2-13-25(20)15-19-10-9-18-8-7-16-4-3-5-17-11-12-21(19)23(18)22(16)17/h1-14H,15H2. The van der Waals surface area contributed by atoms with E-state index < -0.39 is 0 Å². The molecular weight excluding hydrogens is 320 g/mol. The second-order valence-corrected chi connectivity index (χ2v) is 6.57. The van der Waals surface area contributed by atoms with Crippen molar-refractivity contribution in [3.63, 3.8) is 0 Å². The molecule has 0 N–H and O–H groups in total. The van der Waals surface area contributed by atoms with E-state index in [0.717, 1.165) is 5.70 Å². The van der Waals surface area contributed by atoms with Crippen LogP contribution in [0, 0.1) is 4.91 Å². The Morgan fingerprint density at radius 1 is 0.846 bits per heavy atom. The average Bonchev–Trinajstić information content (AvgIpc) is 2.69. The van der Waals surface area contributed by atoms with E-state index >= 15 is 0 Å². The van der Waals surface area contributed by atoms with Crippen LogP contribution in [0.3, 0.4) is 0 Å². The van der Waals surface area contributed by atoms with Gasteiger partial charge in [-0.15, -0.1) is 4.91 Å². The number of benzene rings is 4. The van der Waals surface area contributed by atoms with Gasteiger partial charge in [-0.2, -0.15) is 0 Å². The van der Waals surface area contributed by atoms with Crippen molar-refractivity contribution in [1.82, 2.24) is 4.90 Å². The van der Waals surface area contributed by atoms with Gasteiger partial charge in [0.25, 0.3) is 0 Å². The Bertz CT molecular complexity index is 1220. The van der Waals surface area contributed by atoms with Gasteiger partial charge in [0.15, 0.2) is 0 Å². The highest BCUT2D eigenvalue weighted by Crippen LogP contribution is 2.36. The first-order valence-electron chi connectivity index (χ1n) is 8.65. The van der Waals surface area contributed by atoms with Crippen molar-refractivity contribution in [3.05, 3.63) is 101 Å².